The summed E-state index contributed by atoms with van der Waals surface area (Å²) in [7, 11) is 0. The Labute approximate surface area is 143 Å². The minimum atomic E-state index is 0.760. The highest BCUT2D eigenvalue weighted by atomic mass is 35.5. The molecule has 0 saturated carbocycles. The number of nitrogens with zero attached hydrogens (tertiary/aromatic N) is 5. The highest BCUT2D eigenvalue weighted by molar-refractivity contribution is 7.16. The summed E-state index contributed by atoms with van der Waals surface area (Å²) in [5, 5.41) is 15.1. The molecule has 3 heterocycles. The normalized spacial score (nSPS) is 16.2. The Bertz CT molecular complexity index is 789. The highest BCUT2D eigenvalue weighted by Gasteiger charge is 2.16. The van der Waals surface area contributed by atoms with E-state index in [1.54, 1.807) is 11.3 Å². The molecule has 7 heteroatoms. The van der Waals surface area contributed by atoms with E-state index in [1.807, 2.05) is 28.8 Å². The molecule has 0 amide bonds. The van der Waals surface area contributed by atoms with Crippen molar-refractivity contribution < 1.29 is 0 Å². The molecule has 1 aromatic carbocycles. The third kappa shape index (κ3) is 3.39. The molecule has 1 fully saturated rings. The van der Waals surface area contributed by atoms with Crippen LogP contribution < -0.4 is 0 Å². The number of aromatic nitrogens is 4. The van der Waals surface area contributed by atoms with Gasteiger partial charge in [0.2, 0.25) is 4.96 Å². The Morgan fingerprint density at radius 1 is 1.04 bits per heavy atom. The van der Waals surface area contributed by atoms with E-state index in [4.69, 9.17) is 16.7 Å². The van der Waals surface area contributed by atoms with Crippen LogP contribution in [0.2, 0.25) is 5.02 Å². The maximum Gasteiger partial charge on any atom is 0.234 e. The van der Waals surface area contributed by atoms with Crippen molar-refractivity contribution in [2.75, 3.05) is 13.1 Å². The lowest BCUT2D eigenvalue weighted by Crippen LogP contribution is -2.30. The SMILES string of the molecule is Clc1ccc(Cc2nn3c(CN4CCCCC4)nnc3s2)cc1. The van der Waals surface area contributed by atoms with Crippen LogP contribution >= 0.6 is 22.9 Å². The van der Waals surface area contributed by atoms with Gasteiger partial charge in [-0.3, -0.25) is 4.90 Å². The molecule has 0 unspecified atom stereocenters. The Balaban J connectivity index is 1.52. The molecule has 23 heavy (non-hydrogen) atoms. The van der Waals surface area contributed by atoms with E-state index in [0.29, 0.717) is 0 Å². The average molecular weight is 348 g/mol. The first kappa shape index (κ1) is 15.1. The van der Waals surface area contributed by atoms with E-state index in [2.05, 4.69) is 15.1 Å². The Kier molecular flexibility index (Phi) is 4.29. The molecule has 0 atom stereocenters. The maximum absolute atomic E-state index is 5.93. The van der Waals surface area contributed by atoms with Gasteiger partial charge in [-0.25, -0.2) is 0 Å². The molecule has 1 aliphatic rings. The molecular weight excluding hydrogens is 330 g/mol. The largest absolute Gasteiger partial charge is 0.296 e. The summed E-state index contributed by atoms with van der Waals surface area (Å²) in [6.07, 6.45) is 4.70. The van der Waals surface area contributed by atoms with Crippen LogP contribution in [-0.4, -0.2) is 37.8 Å². The van der Waals surface area contributed by atoms with Crippen LogP contribution in [0.5, 0.6) is 0 Å². The van der Waals surface area contributed by atoms with Crippen molar-refractivity contribution >= 4 is 27.9 Å². The Morgan fingerprint density at radius 2 is 1.83 bits per heavy atom. The summed E-state index contributed by atoms with van der Waals surface area (Å²) in [5.41, 5.74) is 1.21. The first-order valence-corrected chi connectivity index (χ1v) is 9.14. The van der Waals surface area contributed by atoms with E-state index in [0.717, 1.165) is 46.9 Å². The van der Waals surface area contributed by atoms with Crippen molar-refractivity contribution in [1.82, 2.24) is 24.7 Å². The fraction of sp³-hybridized carbons (Fsp3) is 0.438. The molecular formula is C16H18ClN5S. The lowest BCUT2D eigenvalue weighted by Gasteiger charge is -2.25. The molecule has 0 spiro atoms. The lowest BCUT2D eigenvalue weighted by molar-refractivity contribution is 0.214. The zero-order valence-electron chi connectivity index (χ0n) is 12.8. The number of fused-ring (bicyclic) bond motifs is 1. The van der Waals surface area contributed by atoms with E-state index in [9.17, 15) is 0 Å². The summed E-state index contributed by atoms with van der Waals surface area (Å²) in [6, 6.07) is 7.91. The van der Waals surface area contributed by atoms with Crippen molar-refractivity contribution in [3.05, 3.63) is 45.7 Å². The first-order chi connectivity index (χ1) is 11.3. The second-order valence-electron chi connectivity index (χ2n) is 5.95. The quantitative estimate of drug-likeness (QED) is 0.725. The van der Waals surface area contributed by atoms with Crippen molar-refractivity contribution in [2.24, 2.45) is 0 Å². The van der Waals surface area contributed by atoms with Crippen molar-refractivity contribution in [1.29, 1.82) is 0 Å². The maximum atomic E-state index is 5.93. The third-order valence-electron chi connectivity index (χ3n) is 4.18. The van der Waals surface area contributed by atoms with Crippen LogP contribution in [0.15, 0.2) is 24.3 Å². The smallest absolute Gasteiger partial charge is 0.234 e. The van der Waals surface area contributed by atoms with Gasteiger partial charge in [0.05, 0.1) is 6.54 Å². The molecule has 1 saturated heterocycles. The predicted octanol–water partition coefficient (Wildman–Crippen LogP) is 3.42. The molecule has 5 nitrogen and oxygen atoms in total. The molecule has 2 aromatic heterocycles. The second-order valence-corrected chi connectivity index (χ2v) is 7.42. The van der Waals surface area contributed by atoms with Crippen LogP contribution in [0.25, 0.3) is 4.96 Å². The number of likely N-dealkylation sites (tertiary alicyclic amines) is 1. The lowest BCUT2D eigenvalue weighted by atomic mass is 10.1. The number of halogens is 1. The summed E-state index contributed by atoms with van der Waals surface area (Å²) < 4.78 is 1.91. The molecule has 0 N–H and O–H groups in total. The molecule has 4 rings (SSSR count). The second kappa shape index (κ2) is 6.55. The predicted molar refractivity (Wildman–Crippen MR) is 92.0 cm³/mol. The van der Waals surface area contributed by atoms with Gasteiger partial charge in [-0.15, -0.1) is 10.2 Å². The van der Waals surface area contributed by atoms with E-state index < -0.39 is 0 Å². The van der Waals surface area contributed by atoms with Crippen LogP contribution in [0.4, 0.5) is 0 Å². The van der Waals surface area contributed by atoms with Crippen molar-refractivity contribution in [2.45, 2.75) is 32.2 Å². The van der Waals surface area contributed by atoms with Gasteiger partial charge in [-0.1, -0.05) is 41.5 Å². The van der Waals surface area contributed by atoms with Crippen LogP contribution in [0.1, 0.15) is 35.7 Å². The highest BCUT2D eigenvalue weighted by Crippen LogP contribution is 2.20. The molecule has 0 radical (unpaired) electrons. The van der Waals surface area contributed by atoms with Gasteiger partial charge in [0, 0.05) is 11.4 Å². The monoisotopic (exact) mass is 347 g/mol. The van der Waals surface area contributed by atoms with Gasteiger partial charge >= 0.3 is 0 Å². The summed E-state index contributed by atoms with van der Waals surface area (Å²) in [5.74, 6) is 0.945. The Morgan fingerprint density at radius 3 is 2.61 bits per heavy atom. The molecule has 0 aliphatic carbocycles. The van der Waals surface area contributed by atoms with E-state index in [-0.39, 0.29) is 0 Å². The van der Waals surface area contributed by atoms with Gasteiger partial charge in [-0.2, -0.15) is 9.61 Å². The third-order valence-corrected chi connectivity index (χ3v) is 5.33. The van der Waals surface area contributed by atoms with E-state index >= 15 is 0 Å². The minimum Gasteiger partial charge on any atom is -0.296 e. The molecule has 3 aromatic rings. The molecule has 1 aliphatic heterocycles. The van der Waals surface area contributed by atoms with Gasteiger partial charge < -0.3 is 0 Å². The zero-order chi connectivity index (χ0) is 15.6. The van der Waals surface area contributed by atoms with Crippen molar-refractivity contribution in [3.8, 4) is 0 Å². The number of benzene rings is 1. The number of rotatable bonds is 4. The van der Waals surface area contributed by atoms with Crippen LogP contribution in [-0.2, 0) is 13.0 Å². The zero-order valence-corrected chi connectivity index (χ0v) is 14.4. The Hall–Kier alpha value is -1.50. The van der Waals surface area contributed by atoms with Gasteiger partial charge in [0.15, 0.2) is 5.82 Å². The van der Waals surface area contributed by atoms with E-state index in [1.165, 1.54) is 24.8 Å². The molecule has 120 valence electrons. The topological polar surface area (TPSA) is 46.3 Å². The average Bonchev–Trinajstić information content (AvgIpc) is 3.12. The van der Waals surface area contributed by atoms with Crippen LogP contribution in [0.3, 0.4) is 0 Å². The number of hydrogen-bond donors (Lipinski definition) is 0. The summed E-state index contributed by atoms with van der Waals surface area (Å²) in [4.78, 5) is 3.32. The first-order valence-electron chi connectivity index (χ1n) is 7.95. The van der Waals surface area contributed by atoms with Gasteiger partial charge in [0.1, 0.15) is 5.01 Å². The summed E-state index contributed by atoms with van der Waals surface area (Å²) >= 11 is 7.54. The fourth-order valence-corrected chi connectivity index (χ4v) is 3.97. The van der Waals surface area contributed by atoms with Crippen LogP contribution in [0, 0.1) is 0 Å². The number of hydrogen-bond acceptors (Lipinski definition) is 5. The number of piperidine rings is 1. The van der Waals surface area contributed by atoms with Gasteiger partial charge in [0.25, 0.3) is 0 Å². The minimum absolute atomic E-state index is 0.760. The molecule has 0 bridgehead atoms. The van der Waals surface area contributed by atoms with Crippen molar-refractivity contribution in [3.63, 3.8) is 0 Å². The standard InChI is InChI=1S/C16H18ClN5S/c17-13-6-4-12(5-7-13)10-15-20-22-14(18-19-16(22)23-15)11-21-8-2-1-3-9-21/h4-7H,1-3,8-11H2. The fourth-order valence-electron chi connectivity index (χ4n) is 2.96. The van der Waals surface area contributed by atoms with Gasteiger partial charge in [-0.05, 0) is 43.6 Å². The summed E-state index contributed by atoms with van der Waals surface area (Å²) in [6.45, 7) is 3.14.